The van der Waals surface area contributed by atoms with Gasteiger partial charge < -0.3 is 0 Å². The van der Waals surface area contributed by atoms with Gasteiger partial charge in [0, 0.05) is 5.56 Å². The maximum atomic E-state index is 14.4. The van der Waals surface area contributed by atoms with Crippen LogP contribution >= 0.6 is 0 Å². The second-order valence-corrected chi connectivity index (χ2v) is 6.91. The van der Waals surface area contributed by atoms with Gasteiger partial charge in [-0.15, -0.1) is 0 Å². The van der Waals surface area contributed by atoms with Gasteiger partial charge in [0.15, 0.2) is 23.3 Å². The van der Waals surface area contributed by atoms with Crippen LogP contribution in [0.5, 0.6) is 0 Å². The third kappa shape index (κ3) is 2.46. The van der Waals surface area contributed by atoms with Gasteiger partial charge in [0.05, 0.1) is 11.1 Å². The summed E-state index contributed by atoms with van der Waals surface area (Å²) in [6, 6.07) is 4.26. The summed E-state index contributed by atoms with van der Waals surface area (Å²) in [5, 5.41) is 3.51. The van der Waals surface area contributed by atoms with E-state index in [0.29, 0.717) is 0 Å². The van der Waals surface area contributed by atoms with E-state index in [1.165, 1.54) is 24.3 Å². The van der Waals surface area contributed by atoms with Crippen molar-refractivity contribution in [3.05, 3.63) is 69.8 Å². The fourth-order valence-electron chi connectivity index (χ4n) is 3.93. The minimum Gasteiger partial charge on any atom is -0.275 e. The van der Waals surface area contributed by atoms with Crippen LogP contribution in [0, 0.1) is 23.3 Å². The number of barbiturate groups is 1. The number of nitrogens with one attached hydrogen (secondary N) is 2. The lowest BCUT2D eigenvalue weighted by molar-refractivity contribution is -0.144. The molecule has 0 atom stereocenters. The zero-order valence-corrected chi connectivity index (χ0v) is 16.0. The summed E-state index contributed by atoms with van der Waals surface area (Å²) >= 11 is 0. The summed E-state index contributed by atoms with van der Waals surface area (Å²) in [7, 11) is 0. The van der Waals surface area contributed by atoms with Gasteiger partial charge in [-0.25, -0.2) is 27.3 Å². The monoisotopic (exact) mass is 449 g/mol. The van der Waals surface area contributed by atoms with Crippen molar-refractivity contribution in [3.63, 3.8) is 0 Å². The van der Waals surface area contributed by atoms with E-state index in [9.17, 15) is 41.5 Å². The Kier molecular flexibility index (Phi) is 4.61. The Labute approximate surface area is 176 Å². The van der Waals surface area contributed by atoms with Gasteiger partial charge >= 0.3 is 6.03 Å². The number of imide groups is 3. The van der Waals surface area contributed by atoms with Crippen LogP contribution in [-0.2, 0) is 21.5 Å². The molecule has 2 aromatic rings. The van der Waals surface area contributed by atoms with Gasteiger partial charge in [-0.2, -0.15) is 0 Å². The lowest BCUT2D eigenvalue weighted by Gasteiger charge is -2.40. The minimum absolute atomic E-state index is 0.0890. The Balaban J connectivity index is 2.08. The van der Waals surface area contributed by atoms with E-state index >= 15 is 0 Å². The molecule has 0 bridgehead atoms. The SMILES string of the molecule is CCc1ccccc1C1(N2C(=O)c3c(F)c(F)c(F)c(F)c3C2=O)C(=O)NC(=O)NC1=O. The summed E-state index contributed by atoms with van der Waals surface area (Å²) in [4.78, 5) is 63.8. The molecule has 0 spiro atoms. The molecule has 32 heavy (non-hydrogen) atoms. The Bertz CT molecular complexity index is 1210. The molecule has 6 amide bonds. The van der Waals surface area contributed by atoms with Crippen LogP contribution in [0.4, 0.5) is 22.4 Å². The number of hydrogen-bond donors (Lipinski definition) is 2. The molecule has 4 rings (SSSR count). The van der Waals surface area contributed by atoms with E-state index in [2.05, 4.69) is 0 Å². The molecule has 1 saturated heterocycles. The van der Waals surface area contributed by atoms with E-state index in [4.69, 9.17) is 0 Å². The first-order chi connectivity index (χ1) is 15.1. The van der Waals surface area contributed by atoms with Crippen molar-refractivity contribution < 1.29 is 41.5 Å². The normalized spacial score (nSPS) is 17.4. The number of amides is 6. The fourth-order valence-corrected chi connectivity index (χ4v) is 3.93. The number of hydrogen-bond acceptors (Lipinski definition) is 5. The number of fused-ring (bicyclic) bond motifs is 1. The predicted octanol–water partition coefficient (Wildman–Crippen LogP) is 1.66. The van der Waals surface area contributed by atoms with Crippen molar-refractivity contribution in [2.45, 2.75) is 18.9 Å². The molecule has 0 unspecified atom stereocenters. The van der Waals surface area contributed by atoms with Crippen molar-refractivity contribution in [2.24, 2.45) is 0 Å². The lowest BCUT2D eigenvalue weighted by atomic mass is 9.81. The highest BCUT2D eigenvalue weighted by Crippen LogP contribution is 2.41. The first kappa shape index (κ1) is 21.2. The molecule has 0 radical (unpaired) electrons. The number of nitrogens with zero attached hydrogens (tertiary/aromatic N) is 1. The average molecular weight is 449 g/mol. The highest BCUT2D eigenvalue weighted by molar-refractivity contribution is 6.31. The Hall–Kier alpha value is -4.09. The second kappa shape index (κ2) is 6.97. The zero-order chi connectivity index (χ0) is 23.5. The summed E-state index contributed by atoms with van der Waals surface area (Å²) in [6.45, 7) is 1.61. The fraction of sp³-hybridized carbons (Fsp3) is 0.150. The topological polar surface area (TPSA) is 113 Å². The van der Waals surface area contributed by atoms with Crippen molar-refractivity contribution >= 4 is 29.7 Å². The predicted molar refractivity (Wildman–Crippen MR) is 96.0 cm³/mol. The molecule has 0 aliphatic carbocycles. The van der Waals surface area contributed by atoms with Gasteiger partial charge in [-0.1, -0.05) is 31.2 Å². The van der Waals surface area contributed by atoms with Gasteiger partial charge in [-0.3, -0.25) is 29.8 Å². The van der Waals surface area contributed by atoms with E-state index in [0.717, 1.165) is 0 Å². The summed E-state index contributed by atoms with van der Waals surface area (Å²) in [5.74, 6) is -15.5. The number of carbonyl (C=O) groups excluding carboxylic acids is 5. The molecule has 1 fully saturated rings. The summed E-state index contributed by atoms with van der Waals surface area (Å²) in [5.41, 5.74) is -5.86. The number of halogens is 4. The molecule has 2 aromatic carbocycles. The highest BCUT2D eigenvalue weighted by atomic mass is 19.2. The second-order valence-electron chi connectivity index (χ2n) is 6.91. The molecular weight excluding hydrogens is 438 g/mol. The van der Waals surface area contributed by atoms with Crippen LogP contribution in [0.1, 0.15) is 38.8 Å². The molecule has 164 valence electrons. The number of aryl methyl sites for hydroxylation is 1. The standard InChI is InChI=1S/C20H11F4N3O5/c1-2-7-5-3-4-6-8(7)20(17(30)25-19(32)26-18(20)31)27-15(28)9-10(16(27)29)12(22)14(24)13(23)11(9)21/h3-6H,2H2,1H3,(H2,25,26,30,31,32). The lowest BCUT2D eigenvalue weighted by Crippen LogP contribution is -2.72. The van der Waals surface area contributed by atoms with E-state index < -0.39 is 69.6 Å². The van der Waals surface area contributed by atoms with Gasteiger partial charge in [0.1, 0.15) is 0 Å². The largest absolute Gasteiger partial charge is 0.328 e. The maximum absolute atomic E-state index is 14.4. The third-order valence-corrected chi connectivity index (χ3v) is 5.34. The molecule has 2 aliphatic heterocycles. The van der Waals surface area contributed by atoms with Crippen LogP contribution in [0.15, 0.2) is 24.3 Å². The zero-order valence-electron chi connectivity index (χ0n) is 16.0. The Morgan fingerprint density at radius 2 is 1.25 bits per heavy atom. The first-order valence-corrected chi connectivity index (χ1v) is 9.09. The van der Waals surface area contributed by atoms with Crippen molar-refractivity contribution in [1.29, 1.82) is 0 Å². The first-order valence-electron chi connectivity index (χ1n) is 9.09. The van der Waals surface area contributed by atoms with Crippen LogP contribution in [0.3, 0.4) is 0 Å². The maximum Gasteiger partial charge on any atom is 0.328 e. The highest BCUT2D eigenvalue weighted by Gasteiger charge is 2.64. The quantitative estimate of drug-likeness (QED) is 0.243. The van der Waals surface area contributed by atoms with Gasteiger partial charge in [-0.05, 0) is 12.0 Å². The molecule has 0 saturated carbocycles. The molecule has 8 nitrogen and oxygen atoms in total. The van der Waals surface area contributed by atoms with E-state index in [-0.39, 0.29) is 22.4 Å². The van der Waals surface area contributed by atoms with Crippen molar-refractivity contribution in [3.8, 4) is 0 Å². The molecular formula is C20H11F4N3O5. The van der Waals surface area contributed by atoms with Gasteiger partial charge in [0.25, 0.3) is 23.6 Å². The Morgan fingerprint density at radius 1 is 0.781 bits per heavy atom. The third-order valence-electron chi connectivity index (χ3n) is 5.34. The molecule has 2 heterocycles. The average Bonchev–Trinajstić information content (AvgIpc) is 3.02. The summed E-state index contributed by atoms with van der Waals surface area (Å²) < 4.78 is 56.4. The Morgan fingerprint density at radius 3 is 1.72 bits per heavy atom. The smallest absolute Gasteiger partial charge is 0.275 e. The van der Waals surface area contributed by atoms with Crippen LogP contribution in [0.2, 0.25) is 0 Å². The molecule has 0 aromatic heterocycles. The minimum atomic E-state index is -2.93. The number of benzene rings is 2. The van der Waals surface area contributed by atoms with Crippen LogP contribution < -0.4 is 10.6 Å². The molecule has 12 heteroatoms. The number of rotatable bonds is 3. The van der Waals surface area contributed by atoms with Crippen molar-refractivity contribution in [2.75, 3.05) is 0 Å². The van der Waals surface area contributed by atoms with Crippen LogP contribution in [0.25, 0.3) is 0 Å². The van der Waals surface area contributed by atoms with Crippen molar-refractivity contribution in [1.82, 2.24) is 15.5 Å². The number of carbonyl (C=O) groups is 5. The van der Waals surface area contributed by atoms with E-state index in [1.54, 1.807) is 17.6 Å². The van der Waals surface area contributed by atoms with Gasteiger partial charge in [0.2, 0.25) is 5.54 Å². The number of urea groups is 1. The van der Waals surface area contributed by atoms with Crippen LogP contribution in [-0.4, -0.2) is 34.6 Å². The van der Waals surface area contributed by atoms with E-state index in [1.807, 2.05) is 0 Å². The molecule has 2 aliphatic rings. The molecule has 2 N–H and O–H groups in total. The summed E-state index contributed by atoms with van der Waals surface area (Å²) in [6.07, 6.45) is 0.168.